The lowest BCUT2D eigenvalue weighted by molar-refractivity contribution is -0.00260. The van der Waals surface area contributed by atoms with E-state index in [4.69, 9.17) is 0 Å². The zero-order chi connectivity index (χ0) is 14.3. The van der Waals surface area contributed by atoms with E-state index < -0.39 is 0 Å². The molecule has 19 heavy (non-hydrogen) atoms. The molecule has 1 heterocycles. The van der Waals surface area contributed by atoms with Gasteiger partial charge in [-0.3, -0.25) is 9.80 Å². The summed E-state index contributed by atoms with van der Waals surface area (Å²) >= 11 is 0. The first-order valence-corrected chi connectivity index (χ1v) is 8.14. The fourth-order valence-electron chi connectivity index (χ4n) is 3.79. The quantitative estimate of drug-likeness (QED) is 0.753. The molecule has 0 aromatic rings. The van der Waals surface area contributed by atoms with E-state index in [2.05, 4.69) is 51.3 Å². The minimum Gasteiger partial charge on any atom is -0.298 e. The lowest BCUT2D eigenvalue weighted by atomic mass is 9.71. The molecule has 2 aliphatic rings. The summed E-state index contributed by atoms with van der Waals surface area (Å²) in [5.74, 6) is 0.991. The van der Waals surface area contributed by atoms with Crippen LogP contribution in [0, 0.1) is 11.3 Å². The highest BCUT2D eigenvalue weighted by Crippen LogP contribution is 2.40. The molecule has 2 fully saturated rings. The summed E-state index contributed by atoms with van der Waals surface area (Å²) in [5.41, 5.74) is 0.862. The molecule has 112 valence electrons. The molecule has 0 N–H and O–H groups in total. The van der Waals surface area contributed by atoms with Gasteiger partial charge in [-0.2, -0.15) is 0 Å². The van der Waals surface area contributed by atoms with Gasteiger partial charge in [0.15, 0.2) is 0 Å². The van der Waals surface area contributed by atoms with Gasteiger partial charge in [0.1, 0.15) is 0 Å². The number of hydrogen-bond acceptors (Lipinski definition) is 2. The van der Waals surface area contributed by atoms with Gasteiger partial charge < -0.3 is 0 Å². The molecule has 2 rings (SSSR count). The van der Waals surface area contributed by atoms with Crippen molar-refractivity contribution in [1.29, 1.82) is 0 Å². The fourth-order valence-corrected chi connectivity index (χ4v) is 3.79. The summed E-state index contributed by atoms with van der Waals surface area (Å²) < 4.78 is 0. The van der Waals surface area contributed by atoms with Crippen LogP contribution < -0.4 is 0 Å². The first-order valence-electron chi connectivity index (χ1n) is 8.14. The van der Waals surface area contributed by atoms with Gasteiger partial charge in [0.2, 0.25) is 0 Å². The summed E-state index contributed by atoms with van der Waals surface area (Å²) in [5, 5.41) is 0. The molecular weight excluding hydrogens is 232 g/mol. The van der Waals surface area contributed by atoms with Crippen LogP contribution in [-0.2, 0) is 0 Å². The van der Waals surface area contributed by atoms with E-state index in [1.165, 1.54) is 45.4 Å². The zero-order valence-corrected chi connectivity index (χ0v) is 14.0. The van der Waals surface area contributed by atoms with Crippen LogP contribution in [0.5, 0.6) is 0 Å². The molecule has 0 aromatic heterocycles. The Morgan fingerprint density at radius 2 is 1.37 bits per heavy atom. The Morgan fingerprint density at radius 1 is 0.842 bits per heavy atom. The SMILES string of the molecule is CC(C)(C)CC1CC(N2CCN(C(C)(C)C)CC2)C1. The number of hydrogen-bond donors (Lipinski definition) is 0. The van der Waals surface area contributed by atoms with E-state index >= 15 is 0 Å². The molecule has 1 aliphatic heterocycles. The van der Waals surface area contributed by atoms with Crippen LogP contribution in [0.15, 0.2) is 0 Å². The molecule has 0 aromatic carbocycles. The van der Waals surface area contributed by atoms with Gasteiger partial charge in [-0.05, 0) is 51.4 Å². The third-order valence-corrected chi connectivity index (χ3v) is 4.89. The van der Waals surface area contributed by atoms with Crippen LogP contribution in [0.4, 0.5) is 0 Å². The van der Waals surface area contributed by atoms with Crippen LogP contribution in [0.2, 0.25) is 0 Å². The van der Waals surface area contributed by atoms with Crippen molar-refractivity contribution in [1.82, 2.24) is 9.80 Å². The van der Waals surface area contributed by atoms with Gasteiger partial charge in [0.05, 0.1) is 0 Å². The number of piperazine rings is 1. The fraction of sp³-hybridized carbons (Fsp3) is 1.00. The molecule has 0 unspecified atom stereocenters. The molecule has 0 amide bonds. The second kappa shape index (κ2) is 5.37. The summed E-state index contributed by atoms with van der Waals surface area (Å²) in [6.07, 6.45) is 4.31. The molecule has 1 saturated carbocycles. The molecule has 1 aliphatic carbocycles. The lowest BCUT2D eigenvalue weighted by Crippen LogP contribution is -2.57. The highest BCUT2D eigenvalue weighted by molar-refractivity contribution is 4.92. The maximum absolute atomic E-state index is 2.75. The van der Waals surface area contributed by atoms with Crippen LogP contribution in [0.3, 0.4) is 0 Å². The molecule has 1 saturated heterocycles. The van der Waals surface area contributed by atoms with Gasteiger partial charge in [-0.25, -0.2) is 0 Å². The number of nitrogens with zero attached hydrogens (tertiary/aromatic N) is 2. The summed E-state index contributed by atoms with van der Waals surface area (Å²) in [6.45, 7) is 19.2. The van der Waals surface area contributed by atoms with Crippen molar-refractivity contribution < 1.29 is 0 Å². The first kappa shape index (κ1) is 15.3. The number of rotatable bonds is 2. The Kier molecular flexibility index (Phi) is 4.32. The Bertz CT molecular complexity index is 283. The van der Waals surface area contributed by atoms with Crippen molar-refractivity contribution in [2.24, 2.45) is 11.3 Å². The maximum atomic E-state index is 2.75. The molecule has 0 spiro atoms. The third-order valence-electron chi connectivity index (χ3n) is 4.89. The summed E-state index contributed by atoms with van der Waals surface area (Å²) in [7, 11) is 0. The minimum atomic E-state index is 0.348. The predicted molar refractivity (Wildman–Crippen MR) is 83.5 cm³/mol. The van der Waals surface area contributed by atoms with E-state index in [-0.39, 0.29) is 0 Å². The van der Waals surface area contributed by atoms with Crippen LogP contribution in [-0.4, -0.2) is 47.6 Å². The monoisotopic (exact) mass is 266 g/mol. The molecule has 0 bridgehead atoms. The van der Waals surface area contributed by atoms with Crippen LogP contribution >= 0.6 is 0 Å². The maximum Gasteiger partial charge on any atom is 0.0126 e. The van der Waals surface area contributed by atoms with Crippen LogP contribution in [0.1, 0.15) is 60.8 Å². The van der Waals surface area contributed by atoms with Gasteiger partial charge in [0.25, 0.3) is 0 Å². The van der Waals surface area contributed by atoms with E-state index in [9.17, 15) is 0 Å². The topological polar surface area (TPSA) is 6.48 Å². The second-order valence-corrected chi connectivity index (χ2v) is 8.95. The lowest BCUT2D eigenvalue weighted by Gasteiger charge is -2.49. The van der Waals surface area contributed by atoms with Gasteiger partial charge >= 0.3 is 0 Å². The summed E-state index contributed by atoms with van der Waals surface area (Å²) in [4.78, 5) is 5.39. The average Bonchev–Trinajstić information content (AvgIpc) is 2.20. The van der Waals surface area contributed by atoms with Gasteiger partial charge in [-0.15, -0.1) is 0 Å². The molecule has 2 heteroatoms. The van der Waals surface area contributed by atoms with Crippen molar-refractivity contribution >= 4 is 0 Å². The minimum absolute atomic E-state index is 0.348. The Balaban J connectivity index is 1.70. The smallest absolute Gasteiger partial charge is 0.0126 e. The van der Waals surface area contributed by atoms with Crippen molar-refractivity contribution in [3.05, 3.63) is 0 Å². The zero-order valence-electron chi connectivity index (χ0n) is 14.0. The van der Waals surface area contributed by atoms with Crippen molar-refractivity contribution in [2.45, 2.75) is 72.4 Å². The van der Waals surface area contributed by atoms with Crippen molar-refractivity contribution in [3.63, 3.8) is 0 Å². The standard InChI is InChI=1S/C17H34N2/c1-16(2,3)13-14-11-15(12-14)18-7-9-19(10-8-18)17(4,5)6/h14-15H,7-13H2,1-6H3. The van der Waals surface area contributed by atoms with E-state index in [0.29, 0.717) is 11.0 Å². The van der Waals surface area contributed by atoms with Gasteiger partial charge in [-0.1, -0.05) is 20.8 Å². The Labute approximate surface area is 120 Å². The van der Waals surface area contributed by atoms with Crippen LogP contribution in [0.25, 0.3) is 0 Å². The summed E-state index contributed by atoms with van der Waals surface area (Å²) in [6, 6.07) is 0.898. The van der Waals surface area contributed by atoms with E-state index in [1.54, 1.807) is 0 Å². The predicted octanol–water partition coefficient (Wildman–Crippen LogP) is 3.62. The molecular formula is C17H34N2. The Hall–Kier alpha value is -0.0800. The van der Waals surface area contributed by atoms with E-state index in [0.717, 1.165) is 12.0 Å². The van der Waals surface area contributed by atoms with Crippen molar-refractivity contribution in [2.75, 3.05) is 26.2 Å². The average molecular weight is 266 g/mol. The second-order valence-electron chi connectivity index (χ2n) is 8.95. The largest absolute Gasteiger partial charge is 0.298 e. The normalized spacial score (nSPS) is 31.3. The van der Waals surface area contributed by atoms with E-state index in [1.807, 2.05) is 0 Å². The highest BCUT2D eigenvalue weighted by Gasteiger charge is 2.37. The molecule has 2 nitrogen and oxygen atoms in total. The van der Waals surface area contributed by atoms with Gasteiger partial charge in [0, 0.05) is 37.8 Å². The molecule has 0 atom stereocenters. The first-order chi connectivity index (χ1) is 8.65. The highest BCUT2D eigenvalue weighted by atomic mass is 15.3. The van der Waals surface area contributed by atoms with Crippen molar-refractivity contribution in [3.8, 4) is 0 Å². The third kappa shape index (κ3) is 4.19. The molecule has 0 radical (unpaired) electrons. The Morgan fingerprint density at radius 3 is 1.79 bits per heavy atom.